The number of aromatic amines is 1. The maximum Gasteiger partial charge on any atom is 0.338 e. The first-order valence-corrected chi connectivity index (χ1v) is 12.2. The van der Waals surface area contributed by atoms with Gasteiger partial charge in [0.2, 0.25) is 0 Å². The van der Waals surface area contributed by atoms with Crippen LogP contribution < -0.4 is 14.9 Å². The summed E-state index contributed by atoms with van der Waals surface area (Å²) in [6.07, 6.45) is 3.49. The number of benzene rings is 2. The van der Waals surface area contributed by atoms with Gasteiger partial charge in [-0.2, -0.15) is 5.10 Å². The largest absolute Gasteiger partial charge is 0.463 e. The van der Waals surface area contributed by atoms with Gasteiger partial charge in [-0.25, -0.2) is 9.79 Å². The van der Waals surface area contributed by atoms with Crippen molar-refractivity contribution in [2.75, 3.05) is 6.61 Å². The maximum atomic E-state index is 13.7. The van der Waals surface area contributed by atoms with Crippen molar-refractivity contribution in [2.24, 2.45) is 4.99 Å². The molecule has 176 valence electrons. The molecule has 4 aromatic rings. The number of H-pyrrole nitrogens is 1. The van der Waals surface area contributed by atoms with Gasteiger partial charge in [-0.1, -0.05) is 65.4 Å². The minimum atomic E-state index is -0.678. The summed E-state index contributed by atoms with van der Waals surface area (Å²) in [5.41, 5.74) is 3.91. The lowest BCUT2D eigenvalue weighted by molar-refractivity contribution is -0.139. The molecular weight excluding hydrogens is 484 g/mol. The molecule has 0 aliphatic carbocycles. The van der Waals surface area contributed by atoms with Gasteiger partial charge < -0.3 is 4.74 Å². The molecule has 0 spiro atoms. The van der Waals surface area contributed by atoms with Crippen molar-refractivity contribution < 1.29 is 9.53 Å². The van der Waals surface area contributed by atoms with Crippen molar-refractivity contribution in [3.05, 3.63) is 108 Å². The fourth-order valence-corrected chi connectivity index (χ4v) is 5.30. The standard InChI is InChI=1S/C26H21ClN4O3S/c1-3-34-25(33)21-15(2)29-26-31(23(21)17-9-11-19(27)12-10-17)24(32)20(35-26)13-18-14-28-30-22(18)16-7-5-4-6-8-16/h4-14,23H,3H2,1-2H3,(H,28,30). The summed E-state index contributed by atoms with van der Waals surface area (Å²) in [4.78, 5) is 31.8. The molecule has 7 nitrogen and oxygen atoms in total. The molecular formula is C26H21ClN4O3S. The highest BCUT2D eigenvalue weighted by Gasteiger charge is 2.33. The molecule has 1 aliphatic heterocycles. The van der Waals surface area contributed by atoms with E-state index in [4.69, 9.17) is 16.3 Å². The second-order valence-corrected chi connectivity index (χ2v) is 9.37. The van der Waals surface area contributed by atoms with Crippen LogP contribution in [0.4, 0.5) is 0 Å². The summed E-state index contributed by atoms with van der Waals surface area (Å²) < 4.78 is 7.37. The molecule has 0 saturated heterocycles. The number of nitrogens with one attached hydrogen (secondary N) is 1. The topological polar surface area (TPSA) is 89.3 Å². The Morgan fingerprint density at radius 3 is 2.66 bits per heavy atom. The lowest BCUT2D eigenvalue weighted by Crippen LogP contribution is -2.39. The van der Waals surface area contributed by atoms with Crippen molar-refractivity contribution >= 4 is 35.0 Å². The van der Waals surface area contributed by atoms with E-state index in [1.807, 2.05) is 42.5 Å². The highest BCUT2D eigenvalue weighted by molar-refractivity contribution is 7.07. The first kappa shape index (κ1) is 23.0. The quantitative estimate of drug-likeness (QED) is 0.418. The number of fused-ring (bicyclic) bond motifs is 1. The Balaban J connectivity index is 1.70. The van der Waals surface area contributed by atoms with Crippen LogP contribution in [0.3, 0.4) is 0 Å². The van der Waals surface area contributed by atoms with Crippen LogP contribution in [-0.2, 0) is 9.53 Å². The Bertz CT molecular complexity index is 1620. The van der Waals surface area contributed by atoms with Gasteiger partial charge in [0, 0.05) is 16.1 Å². The Labute approximate surface area is 209 Å². The number of aromatic nitrogens is 3. The number of esters is 1. The summed E-state index contributed by atoms with van der Waals surface area (Å²) in [6.45, 7) is 3.72. The van der Waals surface area contributed by atoms with E-state index in [9.17, 15) is 9.59 Å². The average Bonchev–Trinajstić information content (AvgIpc) is 3.44. The Hall–Kier alpha value is -3.75. The Kier molecular flexibility index (Phi) is 6.23. The molecule has 0 radical (unpaired) electrons. The smallest absolute Gasteiger partial charge is 0.338 e. The number of carbonyl (C=O) groups is 1. The lowest BCUT2D eigenvalue weighted by atomic mass is 9.96. The molecule has 1 unspecified atom stereocenters. The van der Waals surface area contributed by atoms with Crippen molar-refractivity contribution in [1.82, 2.24) is 14.8 Å². The molecule has 5 rings (SSSR count). The van der Waals surface area contributed by atoms with Crippen LogP contribution in [0, 0.1) is 0 Å². The number of rotatable bonds is 5. The summed E-state index contributed by atoms with van der Waals surface area (Å²) in [5.74, 6) is -0.496. The highest BCUT2D eigenvalue weighted by Crippen LogP contribution is 2.31. The molecule has 1 atom stereocenters. The van der Waals surface area contributed by atoms with E-state index in [0.717, 1.165) is 22.4 Å². The van der Waals surface area contributed by atoms with Crippen LogP contribution in [0.1, 0.15) is 31.0 Å². The third-order valence-electron chi connectivity index (χ3n) is 5.72. The zero-order chi connectivity index (χ0) is 24.5. The van der Waals surface area contributed by atoms with Crippen LogP contribution in [0.15, 0.2) is 81.9 Å². The number of carbonyl (C=O) groups excluding carboxylic acids is 1. The minimum Gasteiger partial charge on any atom is -0.463 e. The van der Waals surface area contributed by atoms with E-state index < -0.39 is 12.0 Å². The number of hydrogen-bond acceptors (Lipinski definition) is 6. The molecule has 9 heteroatoms. The fraction of sp³-hybridized carbons (Fsp3) is 0.154. The molecule has 0 fully saturated rings. The SMILES string of the molecule is CCOC(=O)C1=C(C)N=c2sc(=Cc3cn[nH]c3-c3ccccc3)c(=O)n2C1c1ccc(Cl)cc1. The number of nitrogens with zero attached hydrogens (tertiary/aromatic N) is 3. The van der Waals surface area contributed by atoms with Crippen LogP contribution in [-0.4, -0.2) is 27.3 Å². The Morgan fingerprint density at radius 2 is 1.94 bits per heavy atom. The lowest BCUT2D eigenvalue weighted by Gasteiger charge is -2.24. The molecule has 0 bridgehead atoms. The molecule has 0 saturated carbocycles. The van der Waals surface area contributed by atoms with E-state index in [0.29, 0.717) is 25.6 Å². The molecule has 1 aliphatic rings. The zero-order valence-electron chi connectivity index (χ0n) is 19.0. The van der Waals surface area contributed by atoms with Gasteiger partial charge in [0.05, 0.1) is 40.3 Å². The monoisotopic (exact) mass is 504 g/mol. The number of ether oxygens (including phenoxy) is 1. The number of hydrogen-bond donors (Lipinski definition) is 1. The highest BCUT2D eigenvalue weighted by atomic mass is 35.5. The predicted octanol–water partition coefficient (Wildman–Crippen LogP) is 3.84. The van der Waals surface area contributed by atoms with Crippen LogP contribution >= 0.6 is 22.9 Å². The first-order chi connectivity index (χ1) is 17.0. The molecule has 0 amide bonds. The number of thiazole rings is 1. The third-order valence-corrected chi connectivity index (χ3v) is 6.96. The molecule has 3 heterocycles. The summed E-state index contributed by atoms with van der Waals surface area (Å²) >= 11 is 7.38. The van der Waals surface area contributed by atoms with E-state index in [1.165, 1.54) is 11.3 Å². The van der Waals surface area contributed by atoms with Crippen LogP contribution in [0.5, 0.6) is 0 Å². The second-order valence-electron chi connectivity index (χ2n) is 7.92. The van der Waals surface area contributed by atoms with Gasteiger partial charge in [0.1, 0.15) is 0 Å². The van der Waals surface area contributed by atoms with Crippen LogP contribution in [0.25, 0.3) is 17.3 Å². The average molecular weight is 505 g/mol. The molecule has 35 heavy (non-hydrogen) atoms. The van der Waals surface area contributed by atoms with Gasteiger partial charge in [-0.15, -0.1) is 0 Å². The van der Waals surface area contributed by atoms with Gasteiger partial charge in [0.25, 0.3) is 5.56 Å². The van der Waals surface area contributed by atoms with Crippen molar-refractivity contribution in [2.45, 2.75) is 19.9 Å². The number of allylic oxidation sites excluding steroid dienone is 1. The Morgan fingerprint density at radius 1 is 1.20 bits per heavy atom. The maximum absolute atomic E-state index is 13.7. The van der Waals surface area contributed by atoms with Gasteiger partial charge in [-0.05, 0) is 37.6 Å². The fourth-order valence-electron chi connectivity index (χ4n) is 4.13. The van der Waals surface area contributed by atoms with E-state index in [2.05, 4.69) is 15.2 Å². The zero-order valence-corrected chi connectivity index (χ0v) is 20.6. The van der Waals surface area contributed by atoms with Gasteiger partial charge in [-0.3, -0.25) is 14.5 Å². The van der Waals surface area contributed by atoms with Crippen molar-refractivity contribution in [3.63, 3.8) is 0 Å². The van der Waals surface area contributed by atoms with Gasteiger partial charge >= 0.3 is 5.97 Å². The molecule has 1 N–H and O–H groups in total. The normalized spacial score (nSPS) is 15.6. The first-order valence-electron chi connectivity index (χ1n) is 11.0. The van der Waals surface area contributed by atoms with E-state index >= 15 is 0 Å². The van der Waals surface area contributed by atoms with Gasteiger partial charge in [0.15, 0.2) is 4.80 Å². The predicted molar refractivity (Wildman–Crippen MR) is 136 cm³/mol. The molecule has 2 aromatic carbocycles. The summed E-state index contributed by atoms with van der Waals surface area (Å²) in [7, 11) is 0. The number of halogens is 1. The summed E-state index contributed by atoms with van der Waals surface area (Å²) in [5, 5.41) is 7.76. The minimum absolute atomic E-state index is 0.218. The van der Waals surface area contributed by atoms with E-state index in [-0.39, 0.29) is 12.2 Å². The van der Waals surface area contributed by atoms with E-state index in [1.54, 1.807) is 42.8 Å². The molecule has 2 aromatic heterocycles. The third kappa shape index (κ3) is 4.26. The second kappa shape index (κ2) is 9.48. The van der Waals surface area contributed by atoms with Crippen molar-refractivity contribution in [1.29, 1.82) is 0 Å². The summed E-state index contributed by atoms with van der Waals surface area (Å²) in [6, 6.07) is 16.2. The van der Waals surface area contributed by atoms with Crippen LogP contribution in [0.2, 0.25) is 5.02 Å². The van der Waals surface area contributed by atoms with Crippen molar-refractivity contribution in [3.8, 4) is 11.3 Å².